The molecule has 2 aliphatic carbocycles. The van der Waals surface area contributed by atoms with Gasteiger partial charge in [0.1, 0.15) is 0 Å². The zero-order valence-corrected chi connectivity index (χ0v) is 15.5. The lowest BCUT2D eigenvalue weighted by molar-refractivity contribution is -0.134. The van der Waals surface area contributed by atoms with E-state index in [2.05, 4.69) is 38.0 Å². The van der Waals surface area contributed by atoms with E-state index in [-0.39, 0.29) is 35.5 Å². The summed E-state index contributed by atoms with van der Waals surface area (Å²) in [6, 6.07) is 0.376. The van der Waals surface area contributed by atoms with Gasteiger partial charge in [-0.05, 0) is 39.0 Å². The largest absolute Gasteiger partial charge is 0.375 e. The van der Waals surface area contributed by atoms with Crippen molar-refractivity contribution in [2.45, 2.75) is 71.6 Å². The maximum atomic E-state index is 5.98. The normalized spacial score (nSPS) is 29.4. The molecule has 0 bridgehead atoms. The Bertz CT molecular complexity index is 340. The van der Waals surface area contributed by atoms with Crippen molar-refractivity contribution < 1.29 is 4.74 Å². The van der Waals surface area contributed by atoms with Crippen LogP contribution in [0, 0.1) is 11.3 Å². The van der Waals surface area contributed by atoms with Crippen LogP contribution in [0.4, 0.5) is 0 Å². The summed E-state index contributed by atoms with van der Waals surface area (Å²) in [5, 5.41) is 3.36. The van der Waals surface area contributed by atoms with Crippen LogP contribution < -0.4 is 11.1 Å². The van der Waals surface area contributed by atoms with Crippen molar-refractivity contribution >= 4 is 29.9 Å². The predicted octanol–water partition coefficient (Wildman–Crippen LogP) is 2.90. The summed E-state index contributed by atoms with van der Waals surface area (Å²) in [6.07, 6.45) is 5.62. The highest BCUT2D eigenvalue weighted by Gasteiger charge is 2.49. The molecule has 5 heteroatoms. The first-order valence-corrected chi connectivity index (χ1v) is 7.61. The van der Waals surface area contributed by atoms with Crippen LogP contribution in [0.1, 0.15) is 53.4 Å². The maximum absolute atomic E-state index is 5.98. The highest BCUT2D eigenvalue weighted by Crippen LogP contribution is 2.43. The van der Waals surface area contributed by atoms with Crippen LogP contribution in [0.5, 0.6) is 0 Å². The topological polar surface area (TPSA) is 59.6 Å². The molecule has 0 aromatic carbocycles. The van der Waals surface area contributed by atoms with Gasteiger partial charge in [0.15, 0.2) is 5.96 Å². The van der Waals surface area contributed by atoms with Gasteiger partial charge in [-0.3, -0.25) is 4.99 Å². The molecule has 0 spiro atoms. The van der Waals surface area contributed by atoms with E-state index in [1.165, 1.54) is 19.3 Å². The quantitative estimate of drug-likeness (QED) is 0.428. The first-order valence-electron chi connectivity index (χ1n) is 7.61. The van der Waals surface area contributed by atoms with Gasteiger partial charge in [0.25, 0.3) is 0 Å². The molecule has 2 atom stereocenters. The number of hydrogen-bond donors (Lipinski definition) is 2. The van der Waals surface area contributed by atoms with Gasteiger partial charge in [0.05, 0.1) is 12.2 Å². The highest BCUT2D eigenvalue weighted by atomic mass is 127. The molecule has 2 saturated carbocycles. The summed E-state index contributed by atoms with van der Waals surface area (Å²) in [7, 11) is 0. The zero-order chi connectivity index (χ0) is 14.0. The van der Waals surface area contributed by atoms with Gasteiger partial charge in [0.2, 0.25) is 0 Å². The van der Waals surface area contributed by atoms with Crippen molar-refractivity contribution in [2.75, 3.05) is 6.54 Å². The molecule has 2 fully saturated rings. The monoisotopic (exact) mass is 395 g/mol. The molecule has 0 saturated heterocycles. The molecule has 0 amide bonds. The molecule has 3 N–H and O–H groups in total. The standard InChI is InChI=1S/C15H29N3O.HI/c1-10(2)19-13-8-12(15(13,3)4)18-14(16)17-9-11-6-5-7-11;/h10-13H,5-9H2,1-4H3,(H3,16,17,18);1H. The molecule has 118 valence electrons. The number of nitrogens with two attached hydrogens (primary N) is 1. The number of guanidine groups is 1. The van der Waals surface area contributed by atoms with Gasteiger partial charge in [-0.25, -0.2) is 0 Å². The molecule has 0 radical (unpaired) electrons. The van der Waals surface area contributed by atoms with Crippen molar-refractivity contribution in [3.63, 3.8) is 0 Å². The number of aliphatic imine (C=N–C) groups is 1. The minimum absolute atomic E-state index is 0. The van der Waals surface area contributed by atoms with Crippen molar-refractivity contribution in [1.82, 2.24) is 5.32 Å². The van der Waals surface area contributed by atoms with Crippen molar-refractivity contribution in [3.05, 3.63) is 0 Å². The third-order valence-corrected chi connectivity index (χ3v) is 4.68. The van der Waals surface area contributed by atoms with Crippen LogP contribution in [-0.4, -0.2) is 30.8 Å². The second-order valence-electron chi connectivity index (χ2n) is 6.95. The smallest absolute Gasteiger partial charge is 0.188 e. The summed E-state index contributed by atoms with van der Waals surface area (Å²) in [6.45, 7) is 9.54. The van der Waals surface area contributed by atoms with Crippen LogP contribution in [0.15, 0.2) is 4.99 Å². The number of hydrogen-bond acceptors (Lipinski definition) is 2. The maximum Gasteiger partial charge on any atom is 0.188 e. The first kappa shape index (κ1) is 18.0. The second kappa shape index (κ2) is 7.29. The van der Waals surface area contributed by atoms with Crippen LogP contribution >= 0.6 is 24.0 Å². The average molecular weight is 395 g/mol. The Morgan fingerprint density at radius 2 is 2.05 bits per heavy atom. The Morgan fingerprint density at radius 3 is 2.50 bits per heavy atom. The molecule has 20 heavy (non-hydrogen) atoms. The number of halogens is 1. The van der Waals surface area contributed by atoms with E-state index >= 15 is 0 Å². The zero-order valence-electron chi connectivity index (χ0n) is 13.2. The van der Waals surface area contributed by atoms with Crippen molar-refractivity contribution in [1.29, 1.82) is 0 Å². The minimum atomic E-state index is 0. The van der Waals surface area contributed by atoms with Gasteiger partial charge >= 0.3 is 0 Å². The van der Waals surface area contributed by atoms with E-state index in [4.69, 9.17) is 10.5 Å². The number of rotatable bonds is 5. The van der Waals surface area contributed by atoms with E-state index in [0.717, 1.165) is 18.9 Å². The Hall–Kier alpha value is -0.0400. The molecular weight excluding hydrogens is 365 g/mol. The highest BCUT2D eigenvalue weighted by molar-refractivity contribution is 14.0. The molecule has 0 heterocycles. The third-order valence-electron chi connectivity index (χ3n) is 4.68. The molecule has 0 aliphatic heterocycles. The van der Waals surface area contributed by atoms with E-state index in [1.807, 2.05) is 0 Å². The minimum Gasteiger partial charge on any atom is -0.375 e. The molecule has 2 rings (SSSR count). The lowest BCUT2D eigenvalue weighted by Gasteiger charge is -2.52. The van der Waals surface area contributed by atoms with Gasteiger partial charge in [-0.15, -0.1) is 24.0 Å². The Balaban J connectivity index is 0.00000200. The fourth-order valence-electron chi connectivity index (χ4n) is 2.82. The third kappa shape index (κ3) is 4.23. The van der Waals surface area contributed by atoms with E-state index < -0.39 is 0 Å². The molecule has 0 aromatic rings. The SMILES string of the molecule is CC(C)OC1CC(NC(N)=NCC2CCC2)C1(C)C.I. The summed E-state index contributed by atoms with van der Waals surface area (Å²) in [5.74, 6) is 1.37. The predicted molar refractivity (Wildman–Crippen MR) is 94.6 cm³/mol. The lowest BCUT2D eigenvalue weighted by atomic mass is 9.64. The van der Waals surface area contributed by atoms with Crippen molar-refractivity contribution in [2.24, 2.45) is 22.1 Å². The van der Waals surface area contributed by atoms with E-state index in [1.54, 1.807) is 0 Å². The van der Waals surface area contributed by atoms with Gasteiger partial charge < -0.3 is 15.8 Å². The van der Waals surface area contributed by atoms with Crippen LogP contribution in [0.2, 0.25) is 0 Å². The summed E-state index contributed by atoms with van der Waals surface area (Å²) >= 11 is 0. The molecular formula is C15H30IN3O. The average Bonchev–Trinajstić information content (AvgIpc) is 2.25. The molecule has 2 unspecified atom stereocenters. The van der Waals surface area contributed by atoms with E-state index in [0.29, 0.717) is 18.1 Å². The Kier molecular flexibility index (Phi) is 6.57. The van der Waals surface area contributed by atoms with E-state index in [9.17, 15) is 0 Å². The van der Waals surface area contributed by atoms with Crippen molar-refractivity contribution in [3.8, 4) is 0 Å². The summed E-state index contributed by atoms with van der Waals surface area (Å²) in [5.41, 5.74) is 6.10. The molecule has 4 nitrogen and oxygen atoms in total. The fraction of sp³-hybridized carbons (Fsp3) is 0.933. The molecule has 0 aromatic heterocycles. The van der Waals surface area contributed by atoms with Gasteiger partial charge in [-0.1, -0.05) is 20.3 Å². The van der Waals surface area contributed by atoms with Crippen LogP contribution in [0.25, 0.3) is 0 Å². The van der Waals surface area contributed by atoms with Crippen LogP contribution in [0.3, 0.4) is 0 Å². The lowest BCUT2D eigenvalue weighted by Crippen LogP contribution is -2.63. The summed E-state index contributed by atoms with van der Waals surface area (Å²) < 4.78 is 5.92. The Labute approximate surface area is 140 Å². The fourth-order valence-corrected chi connectivity index (χ4v) is 2.82. The second-order valence-corrected chi connectivity index (χ2v) is 6.95. The first-order chi connectivity index (χ1) is 8.89. The van der Waals surface area contributed by atoms with Gasteiger partial charge in [-0.2, -0.15) is 0 Å². The molecule has 2 aliphatic rings. The number of nitrogens with one attached hydrogen (secondary N) is 1. The Morgan fingerprint density at radius 1 is 1.40 bits per heavy atom. The van der Waals surface area contributed by atoms with Gasteiger partial charge in [0, 0.05) is 18.0 Å². The van der Waals surface area contributed by atoms with Crippen LogP contribution in [-0.2, 0) is 4.74 Å². The number of ether oxygens (including phenoxy) is 1. The summed E-state index contributed by atoms with van der Waals surface area (Å²) in [4.78, 5) is 4.46. The number of nitrogens with zero attached hydrogens (tertiary/aromatic N) is 1.